The standard InChI is InChI=1S/C22H21N5O/c1-26(2)18-7-5-6-17(12-18)22(28)24-14-16-10-11-21(23-13-16)27-15-25-19-8-3-4-9-20(19)27/h3-13,15H,14H2,1-2H3,(H,24,28). The first-order valence-electron chi connectivity index (χ1n) is 9.05. The number of benzene rings is 2. The summed E-state index contributed by atoms with van der Waals surface area (Å²) in [4.78, 5) is 23.3. The number of pyridine rings is 1. The number of carbonyl (C=O) groups is 1. The average Bonchev–Trinajstić information content (AvgIpc) is 3.16. The van der Waals surface area contributed by atoms with Gasteiger partial charge in [-0.15, -0.1) is 0 Å². The average molecular weight is 371 g/mol. The van der Waals surface area contributed by atoms with Crippen LogP contribution >= 0.6 is 0 Å². The number of nitrogens with one attached hydrogen (secondary N) is 1. The normalized spacial score (nSPS) is 10.8. The largest absolute Gasteiger partial charge is 0.378 e. The van der Waals surface area contributed by atoms with Crippen molar-refractivity contribution in [3.8, 4) is 5.82 Å². The van der Waals surface area contributed by atoms with Crippen LogP contribution in [0.1, 0.15) is 15.9 Å². The molecular weight excluding hydrogens is 350 g/mol. The lowest BCUT2D eigenvalue weighted by Crippen LogP contribution is -2.23. The van der Waals surface area contributed by atoms with Crippen molar-refractivity contribution in [2.45, 2.75) is 6.54 Å². The van der Waals surface area contributed by atoms with Gasteiger partial charge in [0.2, 0.25) is 0 Å². The van der Waals surface area contributed by atoms with Gasteiger partial charge in [0, 0.05) is 38.1 Å². The molecule has 140 valence electrons. The number of amides is 1. The Labute approximate surface area is 163 Å². The number of fused-ring (bicyclic) bond motifs is 1. The Bertz CT molecular complexity index is 1120. The minimum absolute atomic E-state index is 0.103. The van der Waals surface area contributed by atoms with Crippen LogP contribution in [0.2, 0.25) is 0 Å². The van der Waals surface area contributed by atoms with E-state index in [9.17, 15) is 4.79 Å². The molecule has 0 saturated heterocycles. The first-order chi connectivity index (χ1) is 13.6. The zero-order valence-electron chi connectivity index (χ0n) is 15.8. The highest BCUT2D eigenvalue weighted by molar-refractivity contribution is 5.95. The van der Waals surface area contributed by atoms with Crippen molar-refractivity contribution in [1.29, 1.82) is 0 Å². The number of para-hydroxylation sites is 2. The molecule has 6 nitrogen and oxygen atoms in total. The molecule has 0 spiro atoms. The number of anilines is 1. The van der Waals surface area contributed by atoms with E-state index in [-0.39, 0.29) is 5.91 Å². The van der Waals surface area contributed by atoms with E-state index in [4.69, 9.17) is 0 Å². The van der Waals surface area contributed by atoms with E-state index in [1.54, 1.807) is 12.5 Å². The van der Waals surface area contributed by atoms with Crippen molar-refractivity contribution in [2.75, 3.05) is 19.0 Å². The predicted molar refractivity (Wildman–Crippen MR) is 111 cm³/mol. The van der Waals surface area contributed by atoms with Gasteiger partial charge in [0.05, 0.1) is 11.0 Å². The van der Waals surface area contributed by atoms with Crippen LogP contribution in [0, 0.1) is 0 Å². The molecule has 0 atom stereocenters. The van der Waals surface area contributed by atoms with Crippen LogP contribution in [0.3, 0.4) is 0 Å². The number of carbonyl (C=O) groups excluding carboxylic acids is 1. The monoisotopic (exact) mass is 371 g/mol. The van der Waals surface area contributed by atoms with Crippen molar-refractivity contribution in [1.82, 2.24) is 19.9 Å². The van der Waals surface area contributed by atoms with Crippen LogP contribution in [0.25, 0.3) is 16.9 Å². The van der Waals surface area contributed by atoms with E-state index in [1.807, 2.05) is 84.2 Å². The zero-order valence-corrected chi connectivity index (χ0v) is 15.8. The Morgan fingerprint density at radius 3 is 2.68 bits per heavy atom. The lowest BCUT2D eigenvalue weighted by Gasteiger charge is -2.13. The molecule has 2 aromatic heterocycles. The van der Waals surface area contributed by atoms with Gasteiger partial charge >= 0.3 is 0 Å². The van der Waals surface area contributed by atoms with Crippen LogP contribution < -0.4 is 10.2 Å². The lowest BCUT2D eigenvalue weighted by molar-refractivity contribution is 0.0951. The summed E-state index contributed by atoms with van der Waals surface area (Å²) in [7, 11) is 3.90. The third-order valence-corrected chi connectivity index (χ3v) is 4.59. The third kappa shape index (κ3) is 3.57. The number of imidazole rings is 1. The van der Waals surface area contributed by atoms with Gasteiger partial charge in [-0.05, 0) is 42.0 Å². The fraction of sp³-hybridized carbons (Fsp3) is 0.136. The summed E-state index contributed by atoms with van der Waals surface area (Å²) in [6.07, 6.45) is 3.55. The van der Waals surface area contributed by atoms with Crippen LogP contribution in [-0.4, -0.2) is 34.5 Å². The number of hydrogen-bond acceptors (Lipinski definition) is 4. The van der Waals surface area contributed by atoms with E-state index in [0.717, 1.165) is 28.1 Å². The van der Waals surface area contributed by atoms with E-state index in [2.05, 4.69) is 15.3 Å². The number of hydrogen-bond donors (Lipinski definition) is 1. The minimum Gasteiger partial charge on any atom is -0.378 e. The molecular formula is C22H21N5O. The highest BCUT2D eigenvalue weighted by Crippen LogP contribution is 2.17. The molecule has 0 aliphatic carbocycles. The van der Waals surface area contributed by atoms with E-state index >= 15 is 0 Å². The number of aromatic nitrogens is 3. The van der Waals surface area contributed by atoms with Gasteiger partial charge < -0.3 is 10.2 Å². The highest BCUT2D eigenvalue weighted by atomic mass is 16.1. The maximum absolute atomic E-state index is 12.4. The second-order valence-electron chi connectivity index (χ2n) is 6.76. The van der Waals surface area contributed by atoms with Crippen molar-refractivity contribution < 1.29 is 4.79 Å². The quantitative estimate of drug-likeness (QED) is 0.584. The van der Waals surface area contributed by atoms with E-state index in [1.165, 1.54) is 0 Å². The molecule has 2 heterocycles. The molecule has 1 N–H and O–H groups in total. The Morgan fingerprint density at radius 1 is 1.04 bits per heavy atom. The molecule has 28 heavy (non-hydrogen) atoms. The molecule has 4 aromatic rings. The molecule has 0 bridgehead atoms. The van der Waals surface area contributed by atoms with Crippen LogP contribution in [0.4, 0.5) is 5.69 Å². The van der Waals surface area contributed by atoms with Crippen molar-refractivity contribution >= 4 is 22.6 Å². The first kappa shape index (κ1) is 17.7. The number of nitrogens with zero attached hydrogens (tertiary/aromatic N) is 4. The Hall–Kier alpha value is -3.67. The summed E-state index contributed by atoms with van der Waals surface area (Å²) in [5, 5.41) is 2.95. The fourth-order valence-electron chi connectivity index (χ4n) is 3.02. The molecule has 2 aromatic carbocycles. The Kier molecular flexibility index (Phi) is 4.76. The summed E-state index contributed by atoms with van der Waals surface area (Å²) in [5.74, 6) is 0.691. The van der Waals surface area contributed by atoms with Crippen LogP contribution in [-0.2, 0) is 6.54 Å². The Balaban J connectivity index is 1.45. The van der Waals surface area contributed by atoms with Gasteiger partial charge in [-0.3, -0.25) is 9.36 Å². The topological polar surface area (TPSA) is 63.1 Å². The Morgan fingerprint density at radius 2 is 1.89 bits per heavy atom. The smallest absolute Gasteiger partial charge is 0.251 e. The SMILES string of the molecule is CN(C)c1cccc(C(=O)NCc2ccc(-n3cnc4ccccc43)nc2)c1. The summed E-state index contributed by atoms with van der Waals surface area (Å²) in [5.41, 5.74) is 4.51. The fourth-order valence-corrected chi connectivity index (χ4v) is 3.02. The maximum atomic E-state index is 12.4. The third-order valence-electron chi connectivity index (χ3n) is 4.59. The van der Waals surface area contributed by atoms with Gasteiger partial charge in [-0.25, -0.2) is 9.97 Å². The lowest BCUT2D eigenvalue weighted by atomic mass is 10.1. The maximum Gasteiger partial charge on any atom is 0.251 e. The van der Waals surface area contributed by atoms with Gasteiger partial charge in [0.1, 0.15) is 12.1 Å². The first-order valence-corrected chi connectivity index (χ1v) is 9.05. The molecule has 6 heteroatoms. The van der Waals surface area contributed by atoms with Crippen molar-refractivity contribution in [3.63, 3.8) is 0 Å². The zero-order chi connectivity index (χ0) is 19.5. The second kappa shape index (κ2) is 7.52. The molecule has 0 aliphatic heterocycles. The summed E-state index contributed by atoms with van der Waals surface area (Å²) in [6, 6.07) is 19.4. The van der Waals surface area contributed by atoms with Gasteiger partial charge in [0.15, 0.2) is 0 Å². The molecule has 1 amide bonds. The predicted octanol–water partition coefficient (Wildman–Crippen LogP) is 3.42. The van der Waals surface area contributed by atoms with Gasteiger partial charge in [0.25, 0.3) is 5.91 Å². The molecule has 0 aliphatic rings. The van der Waals surface area contributed by atoms with Crippen LogP contribution in [0.5, 0.6) is 0 Å². The van der Waals surface area contributed by atoms with Gasteiger partial charge in [-0.1, -0.05) is 24.3 Å². The molecule has 4 rings (SSSR count). The molecule has 0 unspecified atom stereocenters. The summed E-state index contributed by atoms with van der Waals surface area (Å²) >= 11 is 0. The number of rotatable bonds is 5. The van der Waals surface area contributed by atoms with Gasteiger partial charge in [-0.2, -0.15) is 0 Å². The highest BCUT2D eigenvalue weighted by Gasteiger charge is 2.08. The van der Waals surface area contributed by atoms with Crippen LogP contribution in [0.15, 0.2) is 73.2 Å². The van der Waals surface area contributed by atoms with Crippen molar-refractivity contribution in [3.05, 3.63) is 84.3 Å². The molecule has 0 saturated carbocycles. The molecule has 0 fully saturated rings. The minimum atomic E-state index is -0.103. The summed E-state index contributed by atoms with van der Waals surface area (Å²) in [6.45, 7) is 0.420. The van der Waals surface area contributed by atoms with E-state index in [0.29, 0.717) is 12.1 Å². The van der Waals surface area contributed by atoms with E-state index < -0.39 is 0 Å². The summed E-state index contributed by atoms with van der Waals surface area (Å²) < 4.78 is 1.95. The molecule has 0 radical (unpaired) electrons. The second-order valence-corrected chi connectivity index (χ2v) is 6.76. The van der Waals surface area contributed by atoms with Crippen molar-refractivity contribution in [2.24, 2.45) is 0 Å².